The lowest BCUT2D eigenvalue weighted by molar-refractivity contribution is 0.669. The highest BCUT2D eigenvalue weighted by atomic mass is 16.3. The van der Waals surface area contributed by atoms with Gasteiger partial charge in [0, 0.05) is 49.1 Å². The van der Waals surface area contributed by atoms with Crippen LogP contribution in [0.2, 0.25) is 0 Å². The Hall–Kier alpha value is -8.87. The van der Waals surface area contributed by atoms with Crippen LogP contribution in [0.15, 0.2) is 217 Å². The van der Waals surface area contributed by atoms with E-state index in [9.17, 15) is 0 Å². The van der Waals surface area contributed by atoms with Crippen LogP contribution in [0.5, 0.6) is 0 Å². The number of benzene rings is 10. The second-order valence-electron chi connectivity index (χ2n) is 16.8. The maximum atomic E-state index is 6.95. The first-order chi connectivity index (χ1) is 32.2. The summed E-state index contributed by atoms with van der Waals surface area (Å²) in [5.74, 6) is 1.68. The molecule has 6 heteroatoms. The summed E-state index contributed by atoms with van der Waals surface area (Å²) in [4.78, 5) is 16.3. The first kappa shape index (κ1) is 35.7. The van der Waals surface area contributed by atoms with Crippen molar-refractivity contribution in [1.82, 2.24) is 24.1 Å². The highest BCUT2D eigenvalue weighted by Gasteiger charge is 2.25. The van der Waals surface area contributed by atoms with Crippen molar-refractivity contribution < 1.29 is 4.42 Å². The summed E-state index contributed by atoms with van der Waals surface area (Å²) in [6.45, 7) is 0. The van der Waals surface area contributed by atoms with Crippen LogP contribution >= 0.6 is 0 Å². The number of hydrogen-bond acceptors (Lipinski definition) is 4. The number of furan rings is 1. The van der Waals surface area contributed by atoms with E-state index in [1.807, 2.05) is 12.1 Å². The summed E-state index contributed by atoms with van der Waals surface area (Å²) in [5.41, 5.74) is 10.6. The third-order valence-electron chi connectivity index (χ3n) is 13.1. The largest absolute Gasteiger partial charge is 0.455 e. The maximum absolute atomic E-state index is 6.95. The van der Waals surface area contributed by atoms with Crippen molar-refractivity contribution in [3.05, 3.63) is 212 Å². The van der Waals surface area contributed by atoms with Crippen molar-refractivity contribution in [2.24, 2.45) is 0 Å². The summed E-state index contributed by atoms with van der Waals surface area (Å²) in [6.07, 6.45) is 0. The molecule has 14 aromatic rings. The third-order valence-corrected chi connectivity index (χ3v) is 13.1. The molecule has 65 heavy (non-hydrogen) atoms. The van der Waals surface area contributed by atoms with Crippen molar-refractivity contribution in [1.29, 1.82) is 0 Å². The molecule has 14 rings (SSSR count). The van der Waals surface area contributed by atoms with Gasteiger partial charge >= 0.3 is 0 Å². The van der Waals surface area contributed by atoms with Gasteiger partial charge in [-0.15, -0.1) is 0 Å². The van der Waals surface area contributed by atoms with Gasteiger partial charge in [-0.3, -0.25) is 0 Å². The fraction of sp³-hybridized carbons (Fsp3) is 0. The van der Waals surface area contributed by atoms with Crippen molar-refractivity contribution in [2.45, 2.75) is 0 Å². The summed E-state index contributed by atoms with van der Waals surface area (Å²) >= 11 is 0. The molecule has 0 atom stereocenters. The van der Waals surface area contributed by atoms with E-state index in [4.69, 9.17) is 19.4 Å². The summed E-state index contributed by atoms with van der Waals surface area (Å²) in [5, 5.41) is 11.3. The molecule has 0 unspecified atom stereocenters. The van der Waals surface area contributed by atoms with Crippen LogP contribution in [0.3, 0.4) is 0 Å². The topological polar surface area (TPSA) is 61.7 Å². The van der Waals surface area contributed by atoms with Crippen LogP contribution < -0.4 is 0 Å². The molecule has 4 aromatic heterocycles. The predicted octanol–water partition coefficient (Wildman–Crippen LogP) is 15.3. The number of nitrogens with zero attached hydrogens (tertiary/aromatic N) is 5. The molecule has 302 valence electrons. The third kappa shape index (κ3) is 5.44. The van der Waals surface area contributed by atoms with Crippen LogP contribution in [0, 0.1) is 0 Å². The standard InChI is InChI=1S/C59H35N5O/c1-2-18-42(19-3-1)63-49-23-11-8-20-43(49)47-34-41(28-30-51(47)63)58-60-57(40-27-26-36-14-4-5-15-37(36)32-40)61-59(62-58)55-52(31-29-46-45-22-10-13-25-54(45)65-56(46)55)64-50-24-12-9-21-44(50)48-33-38-16-6-7-17-39(38)35-53(48)64/h1-35H. The van der Waals surface area contributed by atoms with E-state index >= 15 is 0 Å². The molecule has 0 radical (unpaired) electrons. The van der Waals surface area contributed by atoms with E-state index in [0.29, 0.717) is 17.5 Å². The molecule has 0 saturated carbocycles. The quantitative estimate of drug-likeness (QED) is 0.173. The van der Waals surface area contributed by atoms with Crippen LogP contribution in [0.25, 0.3) is 133 Å². The van der Waals surface area contributed by atoms with Crippen LogP contribution in [-0.2, 0) is 0 Å². The van der Waals surface area contributed by atoms with Crippen molar-refractivity contribution >= 4 is 87.1 Å². The second-order valence-corrected chi connectivity index (χ2v) is 16.8. The van der Waals surface area contributed by atoms with E-state index in [0.717, 1.165) is 93.6 Å². The minimum Gasteiger partial charge on any atom is -0.455 e. The Bertz CT molecular complexity index is 4250. The molecule has 0 amide bonds. The molecule has 10 aromatic carbocycles. The first-order valence-corrected chi connectivity index (χ1v) is 21.9. The molecule has 0 bridgehead atoms. The Morgan fingerprint density at radius 2 is 0.877 bits per heavy atom. The fourth-order valence-corrected chi connectivity index (χ4v) is 10.1. The summed E-state index contributed by atoms with van der Waals surface area (Å²) in [7, 11) is 0. The monoisotopic (exact) mass is 829 g/mol. The Morgan fingerprint density at radius 3 is 1.65 bits per heavy atom. The average molecular weight is 830 g/mol. The molecule has 0 N–H and O–H groups in total. The zero-order valence-corrected chi connectivity index (χ0v) is 34.9. The van der Waals surface area contributed by atoms with Gasteiger partial charge in [-0.25, -0.2) is 15.0 Å². The molecule has 0 aliphatic carbocycles. The van der Waals surface area contributed by atoms with Crippen molar-refractivity contribution in [3.63, 3.8) is 0 Å². The SMILES string of the molecule is c1ccc(-n2c3ccccc3c3cc(-c4nc(-c5ccc6ccccc6c5)nc(-c5c(-n6c7ccccc7c7cc8ccccc8cc76)ccc6c5oc5ccccc56)n4)ccc32)cc1. The van der Waals surface area contributed by atoms with E-state index in [1.54, 1.807) is 0 Å². The van der Waals surface area contributed by atoms with Gasteiger partial charge in [0.25, 0.3) is 0 Å². The minimum absolute atomic E-state index is 0.524. The van der Waals surface area contributed by atoms with Crippen molar-refractivity contribution in [3.8, 4) is 45.5 Å². The predicted molar refractivity (Wildman–Crippen MR) is 267 cm³/mol. The highest BCUT2D eigenvalue weighted by Crippen LogP contribution is 2.44. The number of para-hydroxylation sites is 4. The van der Waals surface area contributed by atoms with Crippen LogP contribution in [0.1, 0.15) is 0 Å². The lowest BCUT2D eigenvalue weighted by Crippen LogP contribution is -2.04. The van der Waals surface area contributed by atoms with Gasteiger partial charge in [-0.05, 0) is 100 Å². The minimum atomic E-state index is 0.524. The Labute approximate surface area is 371 Å². The van der Waals surface area contributed by atoms with E-state index in [1.165, 1.54) is 21.5 Å². The number of aromatic nitrogens is 5. The summed E-state index contributed by atoms with van der Waals surface area (Å²) in [6, 6.07) is 75.0. The molecular formula is C59H35N5O. The second kappa shape index (κ2) is 13.8. The lowest BCUT2D eigenvalue weighted by Gasteiger charge is -2.15. The zero-order chi connectivity index (χ0) is 42.6. The lowest BCUT2D eigenvalue weighted by atomic mass is 10.0. The highest BCUT2D eigenvalue weighted by molar-refractivity contribution is 6.16. The van der Waals surface area contributed by atoms with Gasteiger partial charge in [0.15, 0.2) is 17.5 Å². The fourth-order valence-electron chi connectivity index (χ4n) is 10.1. The summed E-state index contributed by atoms with van der Waals surface area (Å²) < 4.78 is 11.6. The van der Waals surface area contributed by atoms with Crippen molar-refractivity contribution in [2.75, 3.05) is 0 Å². The Balaban J connectivity index is 1.09. The molecule has 0 spiro atoms. The molecule has 0 aliphatic heterocycles. The smallest absolute Gasteiger partial charge is 0.170 e. The first-order valence-electron chi connectivity index (χ1n) is 21.9. The van der Waals surface area contributed by atoms with Gasteiger partial charge in [0.05, 0.1) is 33.3 Å². The van der Waals surface area contributed by atoms with Gasteiger partial charge < -0.3 is 13.6 Å². The molecule has 0 aliphatic rings. The Morgan fingerprint density at radius 1 is 0.323 bits per heavy atom. The van der Waals surface area contributed by atoms with Crippen LogP contribution in [0.4, 0.5) is 0 Å². The number of rotatable bonds is 5. The van der Waals surface area contributed by atoms with Crippen LogP contribution in [-0.4, -0.2) is 24.1 Å². The molecule has 0 fully saturated rings. The van der Waals surface area contributed by atoms with E-state index < -0.39 is 0 Å². The number of fused-ring (bicyclic) bond motifs is 11. The average Bonchev–Trinajstić information content (AvgIpc) is 4.02. The maximum Gasteiger partial charge on any atom is 0.170 e. The van der Waals surface area contributed by atoms with Gasteiger partial charge in [0.1, 0.15) is 11.2 Å². The van der Waals surface area contributed by atoms with Gasteiger partial charge in [-0.2, -0.15) is 0 Å². The zero-order valence-electron chi connectivity index (χ0n) is 34.9. The molecule has 4 heterocycles. The molecule has 6 nitrogen and oxygen atoms in total. The van der Waals surface area contributed by atoms with E-state index in [2.05, 4.69) is 209 Å². The van der Waals surface area contributed by atoms with Gasteiger partial charge in [-0.1, -0.05) is 133 Å². The van der Waals surface area contributed by atoms with E-state index in [-0.39, 0.29) is 0 Å². The number of hydrogen-bond donors (Lipinski definition) is 0. The normalized spacial score (nSPS) is 12.0. The molecular weight excluding hydrogens is 795 g/mol. The molecule has 0 saturated heterocycles. The Kier molecular flexibility index (Phi) is 7.59. The van der Waals surface area contributed by atoms with Gasteiger partial charge in [0.2, 0.25) is 0 Å².